The van der Waals surface area contributed by atoms with Crippen LogP contribution in [0, 0.1) is 0 Å². The molecule has 8 nitrogen and oxygen atoms in total. The molecule has 0 aromatic rings. The number of hydrogen-bond donors (Lipinski definition) is 5. The fourth-order valence-corrected chi connectivity index (χ4v) is 1.79. The van der Waals surface area contributed by atoms with Crippen molar-refractivity contribution >= 4 is 17.8 Å². The molecule has 0 aliphatic heterocycles. The van der Waals surface area contributed by atoms with E-state index in [1.807, 2.05) is 0 Å². The van der Waals surface area contributed by atoms with Crippen LogP contribution in [0.2, 0.25) is 0 Å². The first-order valence-electron chi connectivity index (χ1n) is 7.27. The van der Waals surface area contributed by atoms with Gasteiger partial charge in [-0.1, -0.05) is 0 Å². The molecule has 0 rings (SSSR count). The van der Waals surface area contributed by atoms with E-state index in [4.69, 9.17) is 17.2 Å². The Morgan fingerprint density at radius 1 is 1.14 bits per heavy atom. The number of hydrogen-bond acceptors (Lipinski definition) is 4. The largest absolute Gasteiger partial charge is 0.370 e. The van der Waals surface area contributed by atoms with E-state index in [0.29, 0.717) is 26.1 Å². The molecule has 0 aliphatic rings. The third-order valence-corrected chi connectivity index (χ3v) is 2.82. The number of nitrogens with one attached hydrogen (secondary N) is 2. The van der Waals surface area contributed by atoms with Gasteiger partial charge in [0.2, 0.25) is 11.8 Å². The fourth-order valence-electron chi connectivity index (χ4n) is 1.79. The highest BCUT2D eigenvalue weighted by atomic mass is 16.2. The second kappa shape index (κ2) is 12.0. The Labute approximate surface area is 125 Å². The summed E-state index contributed by atoms with van der Waals surface area (Å²) in [6.07, 6.45) is 3.80. The molecule has 1 atom stereocenters. The number of aliphatic imine (C=N–C) groups is 1. The minimum Gasteiger partial charge on any atom is -0.370 e. The van der Waals surface area contributed by atoms with E-state index in [0.717, 1.165) is 25.7 Å². The molecule has 0 spiro atoms. The number of nitrogens with zero attached hydrogens (tertiary/aromatic N) is 1. The van der Waals surface area contributed by atoms with Crippen molar-refractivity contribution in [2.45, 2.75) is 45.1 Å². The van der Waals surface area contributed by atoms with Gasteiger partial charge in [0, 0.05) is 20.0 Å². The summed E-state index contributed by atoms with van der Waals surface area (Å²) in [5.41, 5.74) is 15.8. The van der Waals surface area contributed by atoms with Crippen LogP contribution in [0.4, 0.5) is 0 Å². The molecule has 0 saturated heterocycles. The minimum atomic E-state index is -0.494. The lowest BCUT2D eigenvalue weighted by atomic mass is 10.1. The summed E-state index contributed by atoms with van der Waals surface area (Å²) in [4.78, 5) is 27.0. The zero-order valence-electron chi connectivity index (χ0n) is 12.7. The molecule has 0 heterocycles. The maximum atomic E-state index is 12.0. The third-order valence-electron chi connectivity index (χ3n) is 2.82. The van der Waals surface area contributed by atoms with Crippen LogP contribution in [0.25, 0.3) is 0 Å². The molecule has 0 aliphatic carbocycles. The highest BCUT2D eigenvalue weighted by molar-refractivity contribution is 5.86. The van der Waals surface area contributed by atoms with Crippen LogP contribution in [0.1, 0.15) is 39.0 Å². The van der Waals surface area contributed by atoms with E-state index >= 15 is 0 Å². The van der Waals surface area contributed by atoms with Crippen molar-refractivity contribution in [3.05, 3.63) is 0 Å². The second-order valence-corrected chi connectivity index (χ2v) is 4.84. The summed E-state index contributed by atoms with van der Waals surface area (Å²) in [5.74, 6) is -0.302. The third kappa shape index (κ3) is 11.7. The molecule has 0 aromatic carbocycles. The summed E-state index contributed by atoms with van der Waals surface area (Å²) in [6.45, 7) is 3.06. The molecule has 122 valence electrons. The summed E-state index contributed by atoms with van der Waals surface area (Å²) in [5, 5.41) is 5.47. The molecule has 8 heteroatoms. The number of unbranched alkanes of at least 4 members (excludes halogenated alkanes) is 2. The Kier molecular flexibility index (Phi) is 10.9. The van der Waals surface area contributed by atoms with Gasteiger partial charge in [0.05, 0.1) is 0 Å². The maximum absolute atomic E-state index is 12.0. The van der Waals surface area contributed by atoms with E-state index in [1.54, 1.807) is 0 Å². The van der Waals surface area contributed by atoms with E-state index < -0.39 is 6.04 Å². The lowest BCUT2D eigenvalue weighted by Crippen LogP contribution is -2.46. The van der Waals surface area contributed by atoms with Gasteiger partial charge in [0.1, 0.15) is 6.04 Å². The van der Waals surface area contributed by atoms with Crippen LogP contribution < -0.4 is 27.8 Å². The van der Waals surface area contributed by atoms with Gasteiger partial charge >= 0.3 is 0 Å². The van der Waals surface area contributed by atoms with E-state index in [9.17, 15) is 9.59 Å². The standard InChI is InChI=1S/C13H28N6O2/c1-10(20)19-11(6-2-3-7-14)12(21)17-8-4-5-9-18-13(15)16/h11H,2-9,14H2,1H3,(H,17,21)(H,19,20)(H4,15,16,18)/t11-/m0/s1. The average molecular weight is 300 g/mol. The SMILES string of the molecule is CC(=O)N[C@@H](CCCCN)C(=O)NCCCCN=C(N)N. The predicted molar refractivity (Wildman–Crippen MR) is 83.4 cm³/mol. The number of carbonyl (C=O) groups is 2. The normalized spacial score (nSPS) is 11.5. The van der Waals surface area contributed by atoms with Crippen LogP contribution in [0.5, 0.6) is 0 Å². The number of amides is 2. The lowest BCUT2D eigenvalue weighted by molar-refractivity contribution is -0.128. The number of carbonyl (C=O) groups excluding carboxylic acids is 2. The molecule has 21 heavy (non-hydrogen) atoms. The molecule has 0 bridgehead atoms. The van der Waals surface area contributed by atoms with Gasteiger partial charge in [-0.15, -0.1) is 0 Å². The van der Waals surface area contributed by atoms with Crippen LogP contribution in [0.15, 0.2) is 4.99 Å². The molecule has 0 unspecified atom stereocenters. The van der Waals surface area contributed by atoms with Gasteiger partial charge in [-0.2, -0.15) is 0 Å². The van der Waals surface area contributed by atoms with Crippen molar-refractivity contribution in [2.75, 3.05) is 19.6 Å². The Balaban J connectivity index is 3.98. The van der Waals surface area contributed by atoms with Crippen LogP contribution in [-0.2, 0) is 9.59 Å². The van der Waals surface area contributed by atoms with Crippen molar-refractivity contribution in [1.82, 2.24) is 10.6 Å². The Hall–Kier alpha value is -1.83. The highest BCUT2D eigenvalue weighted by Crippen LogP contribution is 2.01. The molecule has 0 radical (unpaired) electrons. The second-order valence-electron chi connectivity index (χ2n) is 4.84. The molecule has 2 amide bonds. The van der Waals surface area contributed by atoms with Gasteiger partial charge in [-0.05, 0) is 38.6 Å². The number of nitrogens with two attached hydrogens (primary N) is 3. The smallest absolute Gasteiger partial charge is 0.242 e. The first-order valence-corrected chi connectivity index (χ1v) is 7.27. The summed E-state index contributed by atoms with van der Waals surface area (Å²) < 4.78 is 0. The quantitative estimate of drug-likeness (QED) is 0.184. The van der Waals surface area contributed by atoms with Crippen LogP contribution in [0.3, 0.4) is 0 Å². The average Bonchev–Trinajstić information content (AvgIpc) is 2.40. The number of rotatable bonds is 11. The highest BCUT2D eigenvalue weighted by Gasteiger charge is 2.18. The Morgan fingerprint density at radius 3 is 2.43 bits per heavy atom. The van der Waals surface area contributed by atoms with Gasteiger partial charge in [0.15, 0.2) is 5.96 Å². The summed E-state index contributed by atoms with van der Waals surface area (Å²) >= 11 is 0. The Morgan fingerprint density at radius 2 is 1.86 bits per heavy atom. The maximum Gasteiger partial charge on any atom is 0.242 e. The minimum absolute atomic E-state index is 0.0738. The monoisotopic (exact) mass is 300 g/mol. The van der Waals surface area contributed by atoms with Crippen molar-refractivity contribution in [3.8, 4) is 0 Å². The van der Waals surface area contributed by atoms with Gasteiger partial charge in [-0.3, -0.25) is 14.6 Å². The first kappa shape index (κ1) is 19.2. The molecule has 0 saturated carbocycles. The predicted octanol–water partition coefficient (Wildman–Crippen LogP) is -1.21. The fraction of sp³-hybridized carbons (Fsp3) is 0.769. The topological polar surface area (TPSA) is 149 Å². The van der Waals surface area contributed by atoms with Gasteiger partial charge in [-0.25, -0.2) is 0 Å². The molecular weight excluding hydrogens is 272 g/mol. The molecular formula is C13H28N6O2. The summed E-state index contributed by atoms with van der Waals surface area (Å²) in [7, 11) is 0. The van der Waals surface area contributed by atoms with E-state index in [1.165, 1.54) is 6.92 Å². The van der Waals surface area contributed by atoms with Crippen molar-refractivity contribution in [2.24, 2.45) is 22.2 Å². The molecule has 8 N–H and O–H groups in total. The van der Waals surface area contributed by atoms with Crippen LogP contribution in [-0.4, -0.2) is 43.5 Å². The van der Waals surface area contributed by atoms with E-state index in [-0.39, 0.29) is 17.8 Å². The van der Waals surface area contributed by atoms with Crippen LogP contribution >= 0.6 is 0 Å². The summed E-state index contributed by atoms with van der Waals surface area (Å²) in [6, 6.07) is -0.494. The first-order chi connectivity index (χ1) is 9.97. The molecule has 0 fully saturated rings. The number of guanidine groups is 1. The van der Waals surface area contributed by atoms with E-state index in [2.05, 4.69) is 15.6 Å². The Bertz CT molecular complexity index is 342. The van der Waals surface area contributed by atoms with Gasteiger partial charge in [0.25, 0.3) is 0 Å². The zero-order chi connectivity index (χ0) is 16.1. The van der Waals surface area contributed by atoms with Crippen molar-refractivity contribution in [1.29, 1.82) is 0 Å². The van der Waals surface area contributed by atoms with Gasteiger partial charge < -0.3 is 27.8 Å². The van der Waals surface area contributed by atoms with Crippen molar-refractivity contribution in [3.63, 3.8) is 0 Å². The zero-order valence-corrected chi connectivity index (χ0v) is 12.7. The lowest BCUT2D eigenvalue weighted by Gasteiger charge is -2.17. The molecule has 0 aromatic heterocycles. The van der Waals surface area contributed by atoms with Crippen molar-refractivity contribution < 1.29 is 9.59 Å².